The third-order valence-corrected chi connectivity index (χ3v) is 4.40. The Hall–Kier alpha value is -1.26. The van der Waals surface area contributed by atoms with E-state index in [9.17, 15) is 0 Å². The first-order valence-electron chi connectivity index (χ1n) is 9.87. The lowest BCUT2D eigenvalue weighted by molar-refractivity contribution is 0.0699. The molecule has 2 aliphatic rings. The van der Waals surface area contributed by atoms with Gasteiger partial charge in [-0.15, -0.1) is 24.0 Å². The molecule has 158 valence electrons. The number of fused-ring (bicyclic) bond motifs is 1. The van der Waals surface area contributed by atoms with Crippen molar-refractivity contribution in [2.75, 3.05) is 58.6 Å². The van der Waals surface area contributed by atoms with Crippen molar-refractivity contribution < 1.29 is 18.9 Å². The highest BCUT2D eigenvalue weighted by Crippen LogP contribution is 2.32. The molecule has 3 rings (SSSR count). The molecule has 0 bridgehead atoms. The van der Waals surface area contributed by atoms with Gasteiger partial charge in [-0.05, 0) is 37.3 Å². The molecule has 1 saturated carbocycles. The van der Waals surface area contributed by atoms with Crippen molar-refractivity contribution in [2.45, 2.75) is 25.7 Å². The summed E-state index contributed by atoms with van der Waals surface area (Å²) < 4.78 is 21.9. The molecule has 1 aliphatic carbocycles. The standard InChI is InChI=1S/C20H31N3O4.HI/c1-24-12-13-25-9-2-8-21-20(22-15-16-4-5-16)23-17-6-7-18-19(14-17)27-11-3-10-26-18;/h6-7,14,16H,2-5,8-13,15H2,1H3,(H2,21,22,23);1H. The average molecular weight is 505 g/mol. The minimum absolute atomic E-state index is 0. The van der Waals surface area contributed by atoms with E-state index < -0.39 is 0 Å². The van der Waals surface area contributed by atoms with Crippen molar-refractivity contribution in [2.24, 2.45) is 10.9 Å². The van der Waals surface area contributed by atoms with E-state index in [-0.39, 0.29) is 24.0 Å². The molecule has 8 heteroatoms. The van der Waals surface area contributed by atoms with E-state index in [0.29, 0.717) is 33.0 Å². The number of ether oxygens (including phenoxy) is 4. The fourth-order valence-electron chi connectivity index (χ4n) is 2.66. The van der Waals surface area contributed by atoms with Gasteiger partial charge < -0.3 is 29.6 Å². The second kappa shape index (κ2) is 13.1. The maximum atomic E-state index is 5.77. The number of methoxy groups -OCH3 is 1. The van der Waals surface area contributed by atoms with Gasteiger partial charge in [0.1, 0.15) is 0 Å². The highest BCUT2D eigenvalue weighted by atomic mass is 127. The van der Waals surface area contributed by atoms with Crippen molar-refractivity contribution in [3.05, 3.63) is 18.2 Å². The van der Waals surface area contributed by atoms with E-state index in [1.54, 1.807) is 7.11 Å². The van der Waals surface area contributed by atoms with Crippen LogP contribution in [0.2, 0.25) is 0 Å². The van der Waals surface area contributed by atoms with Crippen molar-refractivity contribution >= 4 is 35.6 Å². The van der Waals surface area contributed by atoms with Gasteiger partial charge in [-0.25, -0.2) is 0 Å². The van der Waals surface area contributed by atoms with Crippen LogP contribution in [0.25, 0.3) is 0 Å². The van der Waals surface area contributed by atoms with Crippen LogP contribution in [0.4, 0.5) is 5.69 Å². The Bertz CT molecular complexity index is 611. The van der Waals surface area contributed by atoms with Gasteiger partial charge in [0, 0.05) is 45.0 Å². The van der Waals surface area contributed by atoms with Crippen LogP contribution >= 0.6 is 24.0 Å². The lowest BCUT2D eigenvalue weighted by Crippen LogP contribution is -2.32. The van der Waals surface area contributed by atoms with Crippen LogP contribution in [0.3, 0.4) is 0 Å². The second-order valence-corrected chi connectivity index (χ2v) is 6.86. The average Bonchev–Trinajstić information content (AvgIpc) is 3.52. The van der Waals surface area contributed by atoms with Gasteiger partial charge >= 0.3 is 0 Å². The monoisotopic (exact) mass is 505 g/mol. The molecule has 1 aliphatic heterocycles. The van der Waals surface area contributed by atoms with Gasteiger partial charge in [0.15, 0.2) is 17.5 Å². The fraction of sp³-hybridized carbons (Fsp3) is 0.650. The topological polar surface area (TPSA) is 73.3 Å². The summed E-state index contributed by atoms with van der Waals surface area (Å²) in [5.41, 5.74) is 0.942. The molecule has 1 aromatic carbocycles. The summed E-state index contributed by atoms with van der Waals surface area (Å²) in [7, 11) is 1.68. The molecule has 0 spiro atoms. The molecule has 7 nitrogen and oxygen atoms in total. The zero-order valence-electron chi connectivity index (χ0n) is 16.6. The Morgan fingerprint density at radius 2 is 1.96 bits per heavy atom. The maximum Gasteiger partial charge on any atom is 0.195 e. The lowest BCUT2D eigenvalue weighted by Gasteiger charge is -2.14. The van der Waals surface area contributed by atoms with Crippen LogP contribution < -0.4 is 20.1 Å². The summed E-state index contributed by atoms with van der Waals surface area (Å²) in [4.78, 5) is 4.72. The number of rotatable bonds is 10. The third kappa shape index (κ3) is 8.40. The van der Waals surface area contributed by atoms with Gasteiger partial charge in [-0.3, -0.25) is 4.99 Å². The molecule has 0 saturated heterocycles. The number of hydrogen-bond acceptors (Lipinski definition) is 5. The molecule has 2 N–H and O–H groups in total. The molecule has 1 aromatic rings. The number of hydrogen-bond donors (Lipinski definition) is 2. The number of aliphatic imine (C=N–C) groups is 1. The summed E-state index contributed by atoms with van der Waals surface area (Å²) in [6, 6.07) is 5.92. The van der Waals surface area contributed by atoms with E-state index in [0.717, 1.165) is 55.0 Å². The first kappa shape index (κ1) is 23.0. The zero-order valence-corrected chi connectivity index (χ0v) is 18.9. The molecule has 0 radical (unpaired) electrons. The van der Waals surface area contributed by atoms with Crippen LogP contribution in [0.5, 0.6) is 11.5 Å². The Morgan fingerprint density at radius 1 is 1.14 bits per heavy atom. The lowest BCUT2D eigenvalue weighted by atomic mass is 10.2. The predicted molar refractivity (Wildman–Crippen MR) is 121 cm³/mol. The summed E-state index contributed by atoms with van der Waals surface area (Å²) >= 11 is 0. The van der Waals surface area contributed by atoms with Gasteiger partial charge in [0.25, 0.3) is 0 Å². The number of halogens is 1. The first-order chi connectivity index (χ1) is 13.3. The summed E-state index contributed by atoms with van der Waals surface area (Å²) in [5.74, 6) is 3.12. The van der Waals surface area contributed by atoms with E-state index >= 15 is 0 Å². The smallest absolute Gasteiger partial charge is 0.195 e. The number of benzene rings is 1. The molecule has 28 heavy (non-hydrogen) atoms. The van der Waals surface area contributed by atoms with Crippen LogP contribution in [0.15, 0.2) is 23.2 Å². The predicted octanol–water partition coefficient (Wildman–Crippen LogP) is 3.29. The number of guanidine groups is 1. The highest BCUT2D eigenvalue weighted by Gasteiger charge is 2.20. The molecule has 0 atom stereocenters. The van der Waals surface area contributed by atoms with Crippen molar-refractivity contribution in [3.8, 4) is 11.5 Å². The maximum absolute atomic E-state index is 5.77. The largest absolute Gasteiger partial charge is 0.490 e. The van der Waals surface area contributed by atoms with Crippen LogP contribution in [0, 0.1) is 5.92 Å². The first-order valence-corrected chi connectivity index (χ1v) is 9.87. The molecular formula is C20H32IN3O4. The summed E-state index contributed by atoms with van der Waals surface area (Å²) in [5, 5.41) is 6.78. The Kier molecular flexibility index (Phi) is 10.7. The van der Waals surface area contributed by atoms with Crippen molar-refractivity contribution in [3.63, 3.8) is 0 Å². The second-order valence-electron chi connectivity index (χ2n) is 6.86. The Labute approximate surface area is 184 Å². The molecule has 1 fully saturated rings. The highest BCUT2D eigenvalue weighted by molar-refractivity contribution is 14.0. The number of nitrogens with one attached hydrogen (secondary N) is 2. The van der Waals surface area contributed by atoms with Gasteiger partial charge in [-0.2, -0.15) is 0 Å². The van der Waals surface area contributed by atoms with Gasteiger partial charge in [0.05, 0.1) is 26.4 Å². The molecule has 0 unspecified atom stereocenters. The summed E-state index contributed by atoms with van der Waals surface area (Å²) in [6.07, 6.45) is 4.39. The van der Waals surface area contributed by atoms with Gasteiger partial charge in [0.2, 0.25) is 0 Å². The Balaban J connectivity index is 0.00000280. The van der Waals surface area contributed by atoms with E-state index in [1.807, 2.05) is 18.2 Å². The van der Waals surface area contributed by atoms with Crippen LogP contribution in [-0.2, 0) is 9.47 Å². The third-order valence-electron chi connectivity index (χ3n) is 4.40. The minimum Gasteiger partial charge on any atom is -0.490 e. The van der Waals surface area contributed by atoms with E-state index in [4.69, 9.17) is 23.9 Å². The van der Waals surface area contributed by atoms with Crippen LogP contribution in [0.1, 0.15) is 25.7 Å². The quantitative estimate of drug-likeness (QED) is 0.220. The Morgan fingerprint density at radius 3 is 2.75 bits per heavy atom. The summed E-state index contributed by atoms with van der Waals surface area (Å²) in [6.45, 7) is 5.01. The normalized spacial score (nSPS) is 16.1. The minimum atomic E-state index is 0. The molecule has 0 amide bonds. The fourth-order valence-corrected chi connectivity index (χ4v) is 2.66. The molecule has 1 heterocycles. The van der Waals surface area contributed by atoms with Crippen LogP contribution in [-0.4, -0.2) is 59.2 Å². The number of nitrogens with zero attached hydrogens (tertiary/aromatic N) is 1. The van der Waals surface area contributed by atoms with Gasteiger partial charge in [-0.1, -0.05) is 0 Å². The number of anilines is 1. The molecular weight excluding hydrogens is 473 g/mol. The van der Waals surface area contributed by atoms with Crippen molar-refractivity contribution in [1.82, 2.24) is 5.32 Å². The van der Waals surface area contributed by atoms with Crippen molar-refractivity contribution in [1.29, 1.82) is 0 Å². The van der Waals surface area contributed by atoms with E-state index in [1.165, 1.54) is 12.8 Å². The van der Waals surface area contributed by atoms with E-state index in [2.05, 4.69) is 10.6 Å². The SMILES string of the molecule is COCCOCCCNC(=NCC1CC1)Nc1ccc2c(c1)OCCCO2.I. The zero-order chi connectivity index (χ0) is 18.7. The molecule has 0 aromatic heterocycles.